The third-order valence-electron chi connectivity index (χ3n) is 8.94. The lowest BCUT2D eigenvalue weighted by Crippen LogP contribution is -2.53. The summed E-state index contributed by atoms with van der Waals surface area (Å²) in [6.07, 6.45) is 6.44. The second-order valence-electron chi connectivity index (χ2n) is 12.4. The number of methoxy groups -OCH3 is 1. The summed E-state index contributed by atoms with van der Waals surface area (Å²) in [7, 11) is 1.34. The molecule has 0 saturated heterocycles. The van der Waals surface area contributed by atoms with Gasteiger partial charge in [0.15, 0.2) is 0 Å². The van der Waals surface area contributed by atoms with Crippen LogP contribution in [0.15, 0.2) is 79.1 Å². The summed E-state index contributed by atoms with van der Waals surface area (Å²) in [6, 6.07) is 19.8. The molecule has 1 heterocycles. The van der Waals surface area contributed by atoms with Gasteiger partial charge >= 0.3 is 11.9 Å². The van der Waals surface area contributed by atoms with Gasteiger partial charge in [-0.1, -0.05) is 74.9 Å². The molecule has 4 rings (SSSR count). The lowest BCUT2D eigenvalue weighted by atomic mass is 9.96. The smallest absolute Gasteiger partial charge is 0.337 e. The van der Waals surface area contributed by atoms with E-state index in [-0.39, 0.29) is 24.4 Å². The number of esters is 1. The van der Waals surface area contributed by atoms with Crippen molar-refractivity contribution in [1.29, 1.82) is 0 Å². The minimum atomic E-state index is -1.07. The van der Waals surface area contributed by atoms with E-state index in [1.165, 1.54) is 25.8 Å². The molecule has 0 fully saturated rings. The maximum Gasteiger partial charge on any atom is 0.337 e. The first kappa shape index (κ1) is 38.1. The first-order valence-corrected chi connectivity index (χ1v) is 18.1. The average Bonchev–Trinajstić information content (AvgIpc) is 3.56. The topological polar surface area (TPSA) is 134 Å². The fourth-order valence-corrected chi connectivity index (χ4v) is 6.55. The van der Waals surface area contributed by atoms with E-state index in [1.807, 2.05) is 76.5 Å². The third kappa shape index (κ3) is 9.95. The number of benzene rings is 3. The number of thioether (sulfide) groups is 1. The number of carboxylic acid groups (broad SMARTS) is 1. The van der Waals surface area contributed by atoms with Crippen LogP contribution in [0, 0.1) is 5.92 Å². The second-order valence-corrected chi connectivity index (χ2v) is 13.4. The lowest BCUT2D eigenvalue weighted by Gasteiger charge is -2.38. The molecule has 0 unspecified atom stereocenters. The van der Waals surface area contributed by atoms with Crippen LogP contribution in [0.5, 0.6) is 0 Å². The van der Waals surface area contributed by atoms with Crippen LogP contribution in [0.4, 0.5) is 5.95 Å². The maximum atomic E-state index is 13.6. The number of carbonyl (C=O) groups is 4. The van der Waals surface area contributed by atoms with Gasteiger partial charge in [-0.25, -0.2) is 14.6 Å². The maximum absolute atomic E-state index is 13.6. The predicted octanol–water partition coefficient (Wildman–Crippen LogP) is 5.46. The molecule has 0 radical (unpaired) electrons. The lowest BCUT2D eigenvalue weighted by molar-refractivity contribution is -0.142. The highest BCUT2D eigenvalue weighted by molar-refractivity contribution is 7.98. The van der Waals surface area contributed by atoms with Crippen LogP contribution in [0.3, 0.4) is 0 Å². The van der Waals surface area contributed by atoms with Gasteiger partial charge in [0.25, 0.3) is 0 Å². The molecule has 1 aromatic heterocycles. The molecule has 0 aliphatic heterocycles. The molecule has 50 heavy (non-hydrogen) atoms. The number of amides is 2. The second kappa shape index (κ2) is 18.4. The molecule has 0 aliphatic rings. The quantitative estimate of drug-likeness (QED) is 0.130. The van der Waals surface area contributed by atoms with Gasteiger partial charge < -0.3 is 19.7 Å². The largest absolute Gasteiger partial charge is 0.480 e. The monoisotopic (exact) mass is 701 g/mol. The SMILES string of the molecule is CC[C@H](C)[C@@H](CN(CC(=O)N[C@@H](CCSC)C(=O)O)Cc1cccc2ccccc12)N(C(C)=O)c1nccn1Cc1ccc(C(=O)OC)cc1. The van der Waals surface area contributed by atoms with Gasteiger partial charge in [-0.05, 0) is 58.4 Å². The minimum Gasteiger partial charge on any atom is -0.480 e. The van der Waals surface area contributed by atoms with Crippen LogP contribution in [-0.4, -0.2) is 87.6 Å². The highest BCUT2D eigenvalue weighted by atomic mass is 32.2. The Morgan fingerprint density at radius 3 is 2.42 bits per heavy atom. The normalized spacial score (nSPS) is 13.1. The van der Waals surface area contributed by atoms with Crippen LogP contribution in [-0.2, 0) is 32.2 Å². The molecule has 11 nitrogen and oxygen atoms in total. The van der Waals surface area contributed by atoms with Crippen molar-refractivity contribution in [3.63, 3.8) is 0 Å². The van der Waals surface area contributed by atoms with Crippen LogP contribution < -0.4 is 10.2 Å². The number of fused-ring (bicyclic) bond motifs is 1. The molecule has 3 atom stereocenters. The number of carbonyl (C=O) groups excluding carboxylic acids is 3. The zero-order valence-corrected chi connectivity index (χ0v) is 30.2. The van der Waals surface area contributed by atoms with E-state index < -0.39 is 23.9 Å². The van der Waals surface area contributed by atoms with Gasteiger partial charge in [-0.3, -0.25) is 19.4 Å². The van der Waals surface area contributed by atoms with E-state index in [2.05, 4.69) is 24.1 Å². The molecule has 0 spiro atoms. The number of aliphatic carboxylic acids is 1. The molecule has 2 N–H and O–H groups in total. The average molecular weight is 702 g/mol. The van der Waals surface area contributed by atoms with Crippen LogP contribution in [0.1, 0.15) is 55.1 Å². The Bertz CT molecular complexity index is 1750. The number of nitrogens with zero attached hydrogens (tertiary/aromatic N) is 4. The Hall–Kier alpha value is -4.68. The Balaban J connectivity index is 1.68. The van der Waals surface area contributed by atoms with E-state index in [0.717, 1.165) is 28.3 Å². The Labute approximate surface area is 298 Å². The first-order chi connectivity index (χ1) is 24.1. The van der Waals surface area contributed by atoms with Crippen molar-refractivity contribution >= 4 is 52.2 Å². The summed E-state index contributed by atoms with van der Waals surface area (Å²) in [5.41, 5.74) is 2.37. The number of aromatic nitrogens is 2. The van der Waals surface area contributed by atoms with Gasteiger partial charge in [0.05, 0.1) is 31.8 Å². The van der Waals surface area contributed by atoms with Crippen LogP contribution in [0.25, 0.3) is 10.8 Å². The van der Waals surface area contributed by atoms with E-state index in [1.54, 1.807) is 23.2 Å². The Morgan fingerprint density at radius 2 is 1.76 bits per heavy atom. The molecule has 0 saturated carbocycles. The van der Waals surface area contributed by atoms with E-state index in [4.69, 9.17) is 4.74 Å². The fourth-order valence-electron chi connectivity index (χ4n) is 6.07. The van der Waals surface area contributed by atoms with Crippen LogP contribution in [0.2, 0.25) is 0 Å². The highest BCUT2D eigenvalue weighted by Gasteiger charge is 2.33. The molecule has 0 aliphatic carbocycles. The Morgan fingerprint density at radius 1 is 1.04 bits per heavy atom. The van der Waals surface area contributed by atoms with Crippen LogP contribution >= 0.6 is 11.8 Å². The van der Waals surface area contributed by atoms with E-state index in [0.29, 0.717) is 43.3 Å². The van der Waals surface area contributed by atoms with E-state index in [9.17, 15) is 24.3 Å². The number of anilines is 1. The molecular weight excluding hydrogens is 655 g/mol. The molecule has 2 amide bonds. The van der Waals surface area contributed by atoms with Crippen molar-refractivity contribution in [3.8, 4) is 0 Å². The molecular formula is C38H47N5O6S. The number of hydrogen-bond acceptors (Lipinski definition) is 8. The van der Waals surface area contributed by atoms with Crippen molar-refractivity contribution in [2.24, 2.45) is 5.92 Å². The summed E-state index contributed by atoms with van der Waals surface area (Å²) < 4.78 is 6.72. The molecule has 3 aromatic carbocycles. The summed E-state index contributed by atoms with van der Waals surface area (Å²) in [5, 5.41) is 14.7. The number of carboxylic acids is 1. The molecule has 266 valence electrons. The standard InChI is InChI=1S/C38H47N5O6S/c1-6-26(2)34(43(27(3)44)38-39-19-20-42(38)22-28-14-16-30(17-15-28)37(48)49-4)24-41(25-35(45)40-33(36(46)47)18-21-50-5)23-31-12-9-11-29-10-7-8-13-32(29)31/h7-17,19-20,26,33-34H,6,18,21-25H2,1-5H3,(H,40,45)(H,46,47)/t26-,33-,34+/m0/s1. The van der Waals surface area contributed by atoms with Crippen molar-refractivity contribution in [2.45, 2.75) is 58.8 Å². The van der Waals surface area contributed by atoms with Crippen molar-refractivity contribution < 1.29 is 29.0 Å². The number of nitrogens with one attached hydrogen (secondary N) is 1. The van der Waals surface area contributed by atoms with Gasteiger partial charge in [-0.15, -0.1) is 0 Å². The van der Waals surface area contributed by atoms with Crippen molar-refractivity contribution in [1.82, 2.24) is 19.8 Å². The molecule has 4 aromatic rings. The predicted molar refractivity (Wildman–Crippen MR) is 197 cm³/mol. The van der Waals surface area contributed by atoms with Crippen molar-refractivity contribution in [3.05, 3.63) is 95.8 Å². The number of ether oxygens (including phenoxy) is 1. The molecule has 12 heteroatoms. The van der Waals surface area contributed by atoms with Gasteiger partial charge in [0.2, 0.25) is 17.8 Å². The zero-order valence-electron chi connectivity index (χ0n) is 29.4. The Kier molecular flexibility index (Phi) is 14.0. The first-order valence-electron chi connectivity index (χ1n) is 16.7. The highest BCUT2D eigenvalue weighted by Crippen LogP contribution is 2.26. The fraction of sp³-hybridized carbons (Fsp3) is 0.395. The summed E-state index contributed by atoms with van der Waals surface area (Å²) in [4.78, 5) is 59.4. The summed E-state index contributed by atoms with van der Waals surface area (Å²) in [5.74, 6) is -0.997. The number of hydrogen-bond donors (Lipinski definition) is 2. The third-order valence-corrected chi connectivity index (χ3v) is 9.58. The van der Waals surface area contributed by atoms with E-state index >= 15 is 0 Å². The van der Waals surface area contributed by atoms with Crippen molar-refractivity contribution in [2.75, 3.05) is 37.1 Å². The van der Waals surface area contributed by atoms with Gasteiger partial charge in [0.1, 0.15) is 6.04 Å². The van der Waals surface area contributed by atoms with Gasteiger partial charge in [0, 0.05) is 32.4 Å². The van der Waals surface area contributed by atoms with Gasteiger partial charge in [-0.2, -0.15) is 11.8 Å². The number of imidazole rings is 1. The zero-order chi connectivity index (χ0) is 36.2. The minimum absolute atomic E-state index is 0.00909. The summed E-state index contributed by atoms with van der Waals surface area (Å²) >= 11 is 1.52. The molecule has 0 bridgehead atoms. The number of rotatable bonds is 18. The summed E-state index contributed by atoms with van der Waals surface area (Å²) in [6.45, 7) is 6.74.